The summed E-state index contributed by atoms with van der Waals surface area (Å²) in [6.07, 6.45) is -0.411. The van der Waals surface area contributed by atoms with Gasteiger partial charge in [0.2, 0.25) is 0 Å². The fourth-order valence-corrected chi connectivity index (χ4v) is 2.26. The van der Waals surface area contributed by atoms with Crippen molar-refractivity contribution in [2.45, 2.75) is 52.7 Å². The topological polar surface area (TPSA) is 53.3 Å². The molecule has 0 bridgehead atoms. The highest BCUT2D eigenvalue weighted by atomic mass is 79.9. The van der Waals surface area contributed by atoms with E-state index in [0.717, 1.165) is 0 Å². The van der Waals surface area contributed by atoms with Crippen LogP contribution >= 0.6 is 15.9 Å². The number of halogens is 1. The molecule has 0 fully saturated rings. The number of amides is 1. The molecule has 0 saturated heterocycles. The van der Waals surface area contributed by atoms with Crippen molar-refractivity contribution < 1.29 is 9.53 Å². The monoisotopic (exact) mass is 352 g/mol. The predicted molar refractivity (Wildman–Crippen MR) is 87.3 cm³/mol. The Morgan fingerprint density at radius 1 is 1.24 bits per heavy atom. The molecule has 1 aromatic carbocycles. The summed E-state index contributed by atoms with van der Waals surface area (Å²) in [5.41, 5.74) is 0.194. The van der Waals surface area contributed by atoms with Gasteiger partial charge in [-0.05, 0) is 75.7 Å². The van der Waals surface area contributed by atoms with E-state index in [4.69, 9.17) is 10.00 Å². The molecule has 1 rings (SSSR count). The van der Waals surface area contributed by atoms with Crippen LogP contribution in [0.2, 0.25) is 0 Å². The number of nitrogens with zero attached hydrogens (tertiary/aromatic N) is 2. The molecule has 0 aliphatic rings. The molecule has 0 aliphatic carbocycles. The van der Waals surface area contributed by atoms with Gasteiger partial charge in [-0.2, -0.15) is 5.26 Å². The normalized spacial score (nSPS) is 11.7. The summed E-state index contributed by atoms with van der Waals surface area (Å²) in [7, 11) is 0. The molecule has 0 aliphatic heterocycles. The molecule has 0 saturated carbocycles. The van der Waals surface area contributed by atoms with Crippen LogP contribution in [-0.2, 0) is 4.74 Å². The number of anilines is 1. The minimum atomic E-state index is -0.565. The van der Waals surface area contributed by atoms with Crippen LogP contribution in [0.25, 0.3) is 0 Å². The van der Waals surface area contributed by atoms with Crippen molar-refractivity contribution in [1.82, 2.24) is 0 Å². The first-order valence-corrected chi connectivity index (χ1v) is 7.48. The third-order valence-corrected chi connectivity index (χ3v) is 3.23. The molecule has 4 nitrogen and oxygen atoms in total. The summed E-state index contributed by atoms with van der Waals surface area (Å²) in [6, 6.07) is 7.28. The number of nitriles is 1. The summed E-state index contributed by atoms with van der Waals surface area (Å²) in [5.74, 6) is 0. The lowest BCUT2D eigenvalue weighted by atomic mass is 10.0. The SMILES string of the molecule is CC(C)(C)OC(=O)N(c1ccc(C#N)c(Br)c1)C(C)(C)C. The fraction of sp³-hybridized carbons (Fsp3) is 0.500. The van der Waals surface area contributed by atoms with E-state index in [0.29, 0.717) is 15.7 Å². The van der Waals surface area contributed by atoms with Crippen LogP contribution in [0.3, 0.4) is 0 Å². The number of hydrogen-bond acceptors (Lipinski definition) is 3. The molecule has 0 atom stereocenters. The van der Waals surface area contributed by atoms with Crippen LogP contribution in [-0.4, -0.2) is 17.2 Å². The Morgan fingerprint density at radius 3 is 2.19 bits per heavy atom. The molecule has 0 aromatic heterocycles. The van der Waals surface area contributed by atoms with E-state index >= 15 is 0 Å². The average Bonchev–Trinajstić information content (AvgIpc) is 2.24. The summed E-state index contributed by atoms with van der Waals surface area (Å²) in [4.78, 5) is 14.1. The molecule has 0 N–H and O–H groups in total. The predicted octanol–water partition coefficient (Wildman–Crippen LogP) is 4.86. The Morgan fingerprint density at radius 2 is 1.81 bits per heavy atom. The van der Waals surface area contributed by atoms with Gasteiger partial charge >= 0.3 is 6.09 Å². The van der Waals surface area contributed by atoms with Crippen molar-refractivity contribution >= 4 is 27.7 Å². The maximum atomic E-state index is 12.5. The number of carbonyl (C=O) groups is 1. The number of rotatable bonds is 1. The zero-order chi connectivity index (χ0) is 16.4. The van der Waals surface area contributed by atoms with Crippen molar-refractivity contribution in [3.05, 3.63) is 28.2 Å². The highest BCUT2D eigenvalue weighted by Crippen LogP contribution is 2.30. The van der Waals surface area contributed by atoms with Gasteiger partial charge in [-0.25, -0.2) is 4.79 Å². The number of ether oxygens (including phenoxy) is 1. The lowest BCUT2D eigenvalue weighted by Gasteiger charge is -2.36. The second kappa shape index (κ2) is 6.07. The smallest absolute Gasteiger partial charge is 0.415 e. The third-order valence-electron chi connectivity index (χ3n) is 2.58. The summed E-state index contributed by atoms with van der Waals surface area (Å²) in [5, 5.41) is 8.98. The molecular weight excluding hydrogens is 332 g/mol. The van der Waals surface area contributed by atoms with Gasteiger partial charge in [-0.3, -0.25) is 4.90 Å². The molecule has 0 spiro atoms. The molecule has 5 heteroatoms. The van der Waals surface area contributed by atoms with E-state index in [2.05, 4.69) is 22.0 Å². The number of carbonyl (C=O) groups excluding carboxylic acids is 1. The summed E-state index contributed by atoms with van der Waals surface area (Å²) >= 11 is 3.35. The van der Waals surface area contributed by atoms with E-state index < -0.39 is 17.2 Å². The minimum absolute atomic E-state index is 0.411. The van der Waals surface area contributed by atoms with E-state index in [9.17, 15) is 4.79 Å². The van der Waals surface area contributed by atoms with Gasteiger partial charge in [-0.15, -0.1) is 0 Å². The van der Waals surface area contributed by atoms with Crippen molar-refractivity contribution in [3.63, 3.8) is 0 Å². The Labute approximate surface area is 134 Å². The van der Waals surface area contributed by atoms with Crippen LogP contribution in [0.5, 0.6) is 0 Å². The van der Waals surface area contributed by atoms with Gasteiger partial charge in [0.25, 0.3) is 0 Å². The van der Waals surface area contributed by atoms with Gasteiger partial charge < -0.3 is 4.74 Å². The van der Waals surface area contributed by atoms with Gasteiger partial charge in [0, 0.05) is 15.7 Å². The van der Waals surface area contributed by atoms with Crippen LogP contribution in [0.15, 0.2) is 22.7 Å². The highest BCUT2D eigenvalue weighted by Gasteiger charge is 2.32. The first-order valence-electron chi connectivity index (χ1n) is 6.68. The average molecular weight is 353 g/mol. The van der Waals surface area contributed by atoms with Crippen molar-refractivity contribution in [2.24, 2.45) is 0 Å². The maximum absolute atomic E-state index is 12.5. The molecule has 21 heavy (non-hydrogen) atoms. The Bertz CT molecular complexity index is 577. The largest absolute Gasteiger partial charge is 0.443 e. The third kappa shape index (κ3) is 4.75. The molecule has 0 radical (unpaired) electrons. The highest BCUT2D eigenvalue weighted by molar-refractivity contribution is 9.10. The van der Waals surface area contributed by atoms with E-state index in [1.807, 2.05) is 41.5 Å². The number of hydrogen-bond donors (Lipinski definition) is 0. The molecular formula is C16H21BrN2O2. The van der Waals surface area contributed by atoms with Gasteiger partial charge in [-0.1, -0.05) is 0 Å². The minimum Gasteiger partial charge on any atom is -0.443 e. The summed E-state index contributed by atoms with van der Waals surface area (Å²) < 4.78 is 6.14. The Balaban J connectivity index is 3.25. The lowest BCUT2D eigenvalue weighted by molar-refractivity contribution is 0.0550. The van der Waals surface area contributed by atoms with Gasteiger partial charge in [0.1, 0.15) is 11.7 Å². The van der Waals surface area contributed by atoms with Crippen LogP contribution in [0.4, 0.5) is 10.5 Å². The van der Waals surface area contributed by atoms with Crippen molar-refractivity contribution in [1.29, 1.82) is 5.26 Å². The van der Waals surface area contributed by atoms with Crippen LogP contribution in [0.1, 0.15) is 47.1 Å². The Hall–Kier alpha value is -1.54. The van der Waals surface area contributed by atoms with E-state index in [-0.39, 0.29) is 0 Å². The standard InChI is InChI=1S/C16H21BrN2O2/c1-15(2,3)19(14(20)21-16(4,5)6)12-8-7-11(10-18)13(17)9-12/h7-9H,1-6H3. The van der Waals surface area contributed by atoms with E-state index in [1.54, 1.807) is 23.1 Å². The molecule has 0 heterocycles. The number of benzene rings is 1. The van der Waals surface area contributed by atoms with Crippen molar-refractivity contribution in [3.8, 4) is 6.07 Å². The zero-order valence-corrected chi connectivity index (χ0v) is 14.9. The quantitative estimate of drug-likeness (QED) is 0.724. The van der Waals surface area contributed by atoms with E-state index in [1.165, 1.54) is 0 Å². The Kier molecular flexibility index (Phi) is 5.06. The molecule has 0 unspecified atom stereocenters. The van der Waals surface area contributed by atoms with Crippen LogP contribution in [0, 0.1) is 11.3 Å². The molecule has 1 aromatic rings. The van der Waals surface area contributed by atoms with Gasteiger partial charge in [0.15, 0.2) is 0 Å². The summed E-state index contributed by atoms with van der Waals surface area (Å²) in [6.45, 7) is 11.3. The second-order valence-corrected chi connectivity index (χ2v) is 7.62. The first kappa shape index (κ1) is 17.5. The molecule has 114 valence electrons. The molecule has 1 amide bonds. The first-order chi connectivity index (χ1) is 9.45. The zero-order valence-electron chi connectivity index (χ0n) is 13.3. The van der Waals surface area contributed by atoms with Crippen LogP contribution < -0.4 is 4.90 Å². The van der Waals surface area contributed by atoms with Crippen molar-refractivity contribution in [2.75, 3.05) is 4.90 Å². The second-order valence-electron chi connectivity index (χ2n) is 6.76. The maximum Gasteiger partial charge on any atom is 0.415 e. The fourth-order valence-electron chi connectivity index (χ4n) is 1.81. The lowest BCUT2D eigenvalue weighted by Crippen LogP contribution is -2.48. The van der Waals surface area contributed by atoms with Gasteiger partial charge in [0.05, 0.1) is 5.56 Å².